The van der Waals surface area contributed by atoms with Gasteiger partial charge in [0.15, 0.2) is 16.3 Å². The zero-order chi connectivity index (χ0) is 18.0. The van der Waals surface area contributed by atoms with Gasteiger partial charge in [-0.2, -0.15) is 0 Å². The highest BCUT2D eigenvalue weighted by Crippen LogP contribution is 2.26. The molecule has 0 saturated heterocycles. The molecule has 0 aliphatic heterocycles. The number of imidazole rings is 1. The van der Waals surface area contributed by atoms with Gasteiger partial charge >= 0.3 is 11.7 Å². The molecule has 2 aromatic heterocycles. The van der Waals surface area contributed by atoms with Crippen LogP contribution in [0.5, 0.6) is 0 Å². The number of methoxy groups -OCH3 is 1. The Morgan fingerprint density at radius 1 is 1.33 bits per heavy atom. The van der Waals surface area contributed by atoms with Crippen molar-refractivity contribution in [3.05, 3.63) is 20.8 Å². The molecular formula is C15H22N4O4S. The summed E-state index contributed by atoms with van der Waals surface area (Å²) in [6.45, 7) is 6.46. The van der Waals surface area contributed by atoms with Gasteiger partial charge in [0.25, 0.3) is 5.56 Å². The van der Waals surface area contributed by atoms with Crippen molar-refractivity contribution in [1.29, 1.82) is 0 Å². The lowest BCUT2D eigenvalue weighted by atomic mass is 10.1. The molecule has 8 nitrogen and oxygen atoms in total. The zero-order valence-corrected chi connectivity index (χ0v) is 15.3. The molecule has 9 heteroatoms. The minimum absolute atomic E-state index is 0.312. The molecule has 132 valence electrons. The van der Waals surface area contributed by atoms with Crippen LogP contribution in [0.2, 0.25) is 0 Å². The maximum Gasteiger partial charge on any atom is 0.329 e. The minimum Gasteiger partial charge on any atom is -0.468 e. The Bertz CT molecular complexity index is 865. The number of hydrogen-bond acceptors (Lipinski definition) is 6. The standard InChI is InChI=1S/C15H22N4O4S/c1-8(2)6-7-19-10-11(18(4)14(22)17-12(10)20)16-15(19)24-9(3)13(21)23-5/h8-9H,6-7H2,1-5H3,(H,17,20,22)/t9-/m0/s1. The fourth-order valence-corrected chi connectivity index (χ4v) is 3.23. The first-order valence-corrected chi connectivity index (χ1v) is 8.58. The number of ether oxygens (including phenoxy) is 1. The molecule has 0 saturated carbocycles. The van der Waals surface area contributed by atoms with Crippen molar-refractivity contribution < 1.29 is 9.53 Å². The van der Waals surface area contributed by atoms with Gasteiger partial charge in [0.2, 0.25) is 0 Å². The summed E-state index contributed by atoms with van der Waals surface area (Å²) in [5, 5.41) is 0.0518. The first-order chi connectivity index (χ1) is 11.3. The Balaban J connectivity index is 2.60. The zero-order valence-electron chi connectivity index (χ0n) is 14.5. The first-order valence-electron chi connectivity index (χ1n) is 7.70. The Morgan fingerprint density at radius 3 is 2.58 bits per heavy atom. The molecule has 1 N–H and O–H groups in total. The second-order valence-corrected chi connectivity index (χ2v) is 7.31. The van der Waals surface area contributed by atoms with E-state index in [0.29, 0.717) is 28.8 Å². The summed E-state index contributed by atoms with van der Waals surface area (Å²) in [5.74, 6) is 0.0650. The van der Waals surface area contributed by atoms with Gasteiger partial charge in [0.1, 0.15) is 5.25 Å². The van der Waals surface area contributed by atoms with E-state index >= 15 is 0 Å². The van der Waals surface area contributed by atoms with Crippen LogP contribution in [0.3, 0.4) is 0 Å². The molecule has 2 heterocycles. The molecule has 0 aliphatic rings. The average molecular weight is 354 g/mol. The molecule has 0 bridgehead atoms. The van der Waals surface area contributed by atoms with Gasteiger partial charge in [0.05, 0.1) is 7.11 Å². The molecule has 24 heavy (non-hydrogen) atoms. The van der Waals surface area contributed by atoms with Gasteiger partial charge < -0.3 is 9.30 Å². The lowest BCUT2D eigenvalue weighted by Gasteiger charge is -2.12. The van der Waals surface area contributed by atoms with Gasteiger partial charge in [-0.25, -0.2) is 9.78 Å². The molecule has 0 spiro atoms. The van der Waals surface area contributed by atoms with Crippen LogP contribution in [0.1, 0.15) is 27.2 Å². The predicted octanol–water partition coefficient (Wildman–Crippen LogP) is 1.12. The molecule has 2 rings (SSSR count). The highest BCUT2D eigenvalue weighted by molar-refractivity contribution is 8.00. The molecule has 0 amide bonds. The Morgan fingerprint density at radius 2 is 2.00 bits per heavy atom. The van der Waals surface area contributed by atoms with Crippen LogP contribution < -0.4 is 11.2 Å². The number of aromatic nitrogens is 4. The highest BCUT2D eigenvalue weighted by Gasteiger charge is 2.22. The number of H-pyrrole nitrogens is 1. The summed E-state index contributed by atoms with van der Waals surface area (Å²) in [6, 6.07) is 0. The predicted molar refractivity (Wildman–Crippen MR) is 92.4 cm³/mol. The van der Waals surface area contributed by atoms with Crippen LogP contribution in [0.25, 0.3) is 11.2 Å². The fraction of sp³-hybridized carbons (Fsp3) is 0.600. The van der Waals surface area contributed by atoms with E-state index in [-0.39, 0.29) is 5.97 Å². The molecule has 0 radical (unpaired) electrons. The first kappa shape index (κ1) is 18.3. The van der Waals surface area contributed by atoms with E-state index in [1.165, 1.54) is 23.4 Å². The van der Waals surface area contributed by atoms with Gasteiger partial charge in [-0.1, -0.05) is 25.6 Å². The summed E-state index contributed by atoms with van der Waals surface area (Å²) < 4.78 is 7.82. The second kappa shape index (κ2) is 7.25. The third-order valence-corrected chi connectivity index (χ3v) is 4.79. The maximum atomic E-state index is 12.3. The SMILES string of the molecule is COC(=O)[C@H](C)Sc1nc2c(c(=O)[nH]c(=O)n2C)n1CCC(C)C. The van der Waals surface area contributed by atoms with Crippen LogP contribution in [0, 0.1) is 5.92 Å². The molecule has 0 aliphatic carbocycles. The number of hydrogen-bond donors (Lipinski definition) is 1. The fourth-order valence-electron chi connectivity index (χ4n) is 2.27. The monoisotopic (exact) mass is 354 g/mol. The van der Waals surface area contributed by atoms with Crippen LogP contribution in [0.15, 0.2) is 14.7 Å². The number of rotatable bonds is 6. The number of nitrogens with zero attached hydrogens (tertiary/aromatic N) is 3. The van der Waals surface area contributed by atoms with E-state index in [2.05, 4.69) is 23.8 Å². The third-order valence-electron chi connectivity index (χ3n) is 3.72. The number of carbonyl (C=O) groups is 1. The topological polar surface area (TPSA) is 99.0 Å². The van der Waals surface area contributed by atoms with Crippen molar-refractivity contribution in [3.63, 3.8) is 0 Å². The Hall–Kier alpha value is -2.03. The lowest BCUT2D eigenvalue weighted by molar-refractivity contribution is -0.139. The number of aromatic amines is 1. The molecule has 2 aromatic rings. The number of esters is 1. The Kier molecular flexibility index (Phi) is 5.53. The molecule has 0 aromatic carbocycles. The lowest BCUT2D eigenvalue weighted by Crippen LogP contribution is -2.29. The Labute approximate surface area is 143 Å². The largest absolute Gasteiger partial charge is 0.468 e. The molecular weight excluding hydrogens is 332 g/mol. The summed E-state index contributed by atoms with van der Waals surface area (Å²) in [4.78, 5) is 42.5. The van der Waals surface area contributed by atoms with Crippen molar-refractivity contribution in [2.24, 2.45) is 13.0 Å². The van der Waals surface area contributed by atoms with Gasteiger partial charge in [-0.3, -0.25) is 19.1 Å². The summed E-state index contributed by atoms with van der Waals surface area (Å²) >= 11 is 1.21. The maximum absolute atomic E-state index is 12.3. The van der Waals surface area contributed by atoms with Gasteiger partial charge in [-0.15, -0.1) is 0 Å². The number of carbonyl (C=O) groups excluding carboxylic acids is 1. The van der Waals surface area contributed by atoms with E-state index in [1.807, 2.05) is 0 Å². The summed E-state index contributed by atoms with van der Waals surface area (Å²) in [6.07, 6.45) is 0.841. The summed E-state index contributed by atoms with van der Waals surface area (Å²) in [5.41, 5.74) is -0.329. The average Bonchev–Trinajstić information content (AvgIpc) is 2.88. The molecule has 0 unspecified atom stereocenters. The van der Waals surface area contributed by atoms with E-state index < -0.39 is 16.5 Å². The van der Waals surface area contributed by atoms with Crippen molar-refractivity contribution >= 4 is 28.9 Å². The number of aryl methyl sites for hydroxylation is 2. The molecule has 0 fully saturated rings. The van der Waals surface area contributed by atoms with E-state index in [9.17, 15) is 14.4 Å². The van der Waals surface area contributed by atoms with Crippen LogP contribution in [0.4, 0.5) is 0 Å². The van der Waals surface area contributed by atoms with Crippen LogP contribution in [-0.2, 0) is 23.1 Å². The van der Waals surface area contributed by atoms with E-state index in [0.717, 1.165) is 6.42 Å². The smallest absolute Gasteiger partial charge is 0.329 e. The van der Waals surface area contributed by atoms with Crippen molar-refractivity contribution in [2.45, 2.75) is 44.1 Å². The van der Waals surface area contributed by atoms with E-state index in [1.54, 1.807) is 18.5 Å². The van der Waals surface area contributed by atoms with Crippen molar-refractivity contribution in [3.8, 4) is 0 Å². The highest BCUT2D eigenvalue weighted by atomic mass is 32.2. The van der Waals surface area contributed by atoms with Crippen LogP contribution in [-0.4, -0.2) is 37.4 Å². The van der Waals surface area contributed by atoms with Gasteiger partial charge in [-0.05, 0) is 19.3 Å². The molecule has 1 atom stereocenters. The van der Waals surface area contributed by atoms with Crippen LogP contribution >= 0.6 is 11.8 Å². The quantitative estimate of drug-likeness (QED) is 0.616. The van der Waals surface area contributed by atoms with Crippen molar-refractivity contribution in [1.82, 2.24) is 19.1 Å². The summed E-state index contributed by atoms with van der Waals surface area (Å²) in [7, 11) is 2.88. The third kappa shape index (κ3) is 3.55. The number of thioether (sulfide) groups is 1. The second-order valence-electron chi connectivity index (χ2n) is 6.00. The normalized spacial score (nSPS) is 12.8. The number of nitrogens with one attached hydrogen (secondary N) is 1. The minimum atomic E-state index is -0.515. The van der Waals surface area contributed by atoms with Crippen molar-refractivity contribution in [2.75, 3.05) is 7.11 Å². The van der Waals surface area contributed by atoms with Gasteiger partial charge in [0, 0.05) is 13.6 Å². The van der Waals surface area contributed by atoms with E-state index in [4.69, 9.17) is 4.74 Å². The number of fused-ring (bicyclic) bond motifs is 1.